The van der Waals surface area contributed by atoms with Crippen LogP contribution in [0.5, 0.6) is 5.75 Å². The van der Waals surface area contributed by atoms with Crippen LogP contribution in [0.3, 0.4) is 0 Å². The Kier molecular flexibility index (Phi) is 8.51. The molecule has 4 rings (SSSR count). The van der Waals surface area contributed by atoms with Crippen LogP contribution >= 0.6 is 0 Å². The summed E-state index contributed by atoms with van der Waals surface area (Å²) in [6.45, 7) is 5.59. The molecule has 196 valence electrons. The van der Waals surface area contributed by atoms with Crippen molar-refractivity contribution in [3.05, 3.63) is 90.0 Å². The minimum Gasteiger partial charge on any atom is -0.494 e. The van der Waals surface area contributed by atoms with Crippen molar-refractivity contribution in [3.63, 3.8) is 0 Å². The number of nitrogens with zero attached hydrogens (tertiary/aromatic N) is 1. The van der Waals surface area contributed by atoms with Crippen molar-refractivity contribution in [2.45, 2.75) is 37.0 Å². The summed E-state index contributed by atoms with van der Waals surface area (Å²) in [7, 11) is -4.01. The van der Waals surface area contributed by atoms with Gasteiger partial charge in [-0.1, -0.05) is 48.0 Å². The van der Waals surface area contributed by atoms with E-state index in [0.29, 0.717) is 37.8 Å². The second-order valence-electron chi connectivity index (χ2n) is 9.29. The van der Waals surface area contributed by atoms with Crippen LogP contribution in [-0.4, -0.2) is 47.2 Å². The van der Waals surface area contributed by atoms with E-state index in [4.69, 9.17) is 9.47 Å². The molecule has 7 nitrogen and oxygen atoms in total. The standard InChI is InChI=1S/C29H34N2O5S/c1-3-36-26-13-15-27(16-14-26)37(33,34)31(25-11-9-23(2)10-12-25)21-28(32)30-22-29(17-19-35-20-18-29)24-7-5-4-6-8-24/h4-16H,3,17-22H2,1-2H3,(H,30,32). The molecular formula is C29H34N2O5S. The van der Waals surface area contributed by atoms with Crippen molar-refractivity contribution in [2.24, 2.45) is 0 Å². The molecule has 3 aromatic carbocycles. The molecule has 1 heterocycles. The third-order valence-corrected chi connectivity index (χ3v) is 8.58. The third kappa shape index (κ3) is 6.32. The Morgan fingerprint density at radius 1 is 0.973 bits per heavy atom. The lowest BCUT2D eigenvalue weighted by atomic mass is 9.74. The minimum atomic E-state index is -4.01. The molecule has 1 saturated heterocycles. The molecule has 0 saturated carbocycles. The summed E-state index contributed by atoms with van der Waals surface area (Å²) in [5.74, 6) is 0.223. The first-order valence-corrected chi connectivity index (χ1v) is 14.0. The lowest BCUT2D eigenvalue weighted by Crippen LogP contribution is -2.48. The number of aryl methyl sites for hydroxylation is 1. The van der Waals surface area contributed by atoms with Gasteiger partial charge >= 0.3 is 0 Å². The average molecular weight is 523 g/mol. The summed E-state index contributed by atoms with van der Waals surface area (Å²) in [5, 5.41) is 3.03. The van der Waals surface area contributed by atoms with E-state index in [1.165, 1.54) is 12.1 Å². The predicted molar refractivity (Wildman–Crippen MR) is 145 cm³/mol. The van der Waals surface area contributed by atoms with Crippen molar-refractivity contribution < 1.29 is 22.7 Å². The monoisotopic (exact) mass is 522 g/mol. The van der Waals surface area contributed by atoms with Crippen molar-refractivity contribution in [1.29, 1.82) is 0 Å². The lowest BCUT2D eigenvalue weighted by Gasteiger charge is -2.38. The van der Waals surface area contributed by atoms with E-state index in [-0.39, 0.29) is 22.8 Å². The van der Waals surface area contributed by atoms with Gasteiger partial charge in [-0.25, -0.2) is 8.42 Å². The van der Waals surface area contributed by atoms with Crippen molar-refractivity contribution in [1.82, 2.24) is 5.32 Å². The van der Waals surface area contributed by atoms with Crippen LogP contribution in [0.15, 0.2) is 83.8 Å². The van der Waals surface area contributed by atoms with Gasteiger partial charge in [0.15, 0.2) is 0 Å². The van der Waals surface area contributed by atoms with Crippen LogP contribution in [0.1, 0.15) is 30.9 Å². The fraction of sp³-hybridized carbons (Fsp3) is 0.345. The summed E-state index contributed by atoms with van der Waals surface area (Å²) in [6, 6.07) is 23.5. The van der Waals surface area contributed by atoms with Gasteiger partial charge in [0.1, 0.15) is 12.3 Å². The van der Waals surface area contributed by atoms with Gasteiger partial charge in [-0.2, -0.15) is 0 Å². The van der Waals surface area contributed by atoms with Crippen LogP contribution in [0, 0.1) is 6.92 Å². The highest BCUT2D eigenvalue weighted by molar-refractivity contribution is 7.92. The number of benzene rings is 3. The molecule has 1 aliphatic rings. The summed E-state index contributed by atoms with van der Waals surface area (Å²) < 4.78 is 39.6. The number of sulfonamides is 1. The first kappa shape index (κ1) is 26.7. The Morgan fingerprint density at radius 3 is 2.24 bits per heavy atom. The minimum absolute atomic E-state index is 0.0921. The van der Waals surface area contributed by atoms with Gasteiger partial charge in [-0.05, 0) is 68.7 Å². The molecular weight excluding hydrogens is 488 g/mol. The molecule has 37 heavy (non-hydrogen) atoms. The number of nitrogens with one attached hydrogen (secondary N) is 1. The van der Waals surface area contributed by atoms with E-state index in [2.05, 4.69) is 17.4 Å². The van der Waals surface area contributed by atoms with Crippen molar-refractivity contribution in [3.8, 4) is 5.75 Å². The van der Waals surface area contributed by atoms with E-state index in [1.54, 1.807) is 24.3 Å². The fourth-order valence-electron chi connectivity index (χ4n) is 4.60. The molecule has 1 aliphatic heterocycles. The molecule has 0 radical (unpaired) electrons. The maximum Gasteiger partial charge on any atom is 0.264 e. The quantitative estimate of drug-likeness (QED) is 0.425. The van der Waals surface area contributed by atoms with Gasteiger partial charge in [0.2, 0.25) is 5.91 Å². The highest BCUT2D eigenvalue weighted by Crippen LogP contribution is 2.34. The van der Waals surface area contributed by atoms with Crippen LogP contribution in [0.4, 0.5) is 5.69 Å². The van der Waals surface area contributed by atoms with Gasteiger partial charge in [-0.15, -0.1) is 0 Å². The smallest absolute Gasteiger partial charge is 0.264 e. The van der Waals surface area contributed by atoms with Gasteiger partial charge < -0.3 is 14.8 Å². The summed E-state index contributed by atoms with van der Waals surface area (Å²) >= 11 is 0. The maximum atomic E-state index is 13.7. The Balaban J connectivity index is 1.57. The maximum absolute atomic E-state index is 13.7. The lowest BCUT2D eigenvalue weighted by molar-refractivity contribution is -0.120. The molecule has 0 unspecified atom stereocenters. The number of hydrogen-bond donors (Lipinski definition) is 1. The van der Waals surface area contributed by atoms with E-state index < -0.39 is 10.0 Å². The molecule has 8 heteroatoms. The predicted octanol–water partition coefficient (Wildman–Crippen LogP) is 4.45. The highest BCUT2D eigenvalue weighted by Gasteiger charge is 2.35. The summed E-state index contributed by atoms with van der Waals surface area (Å²) in [5.41, 5.74) is 2.32. The van der Waals surface area contributed by atoms with Crippen LogP contribution in [0.2, 0.25) is 0 Å². The Labute approximate surface area is 219 Å². The number of ether oxygens (including phenoxy) is 2. The fourth-order valence-corrected chi connectivity index (χ4v) is 6.02. The van der Waals surface area contributed by atoms with Gasteiger partial charge in [0, 0.05) is 25.2 Å². The number of carbonyl (C=O) groups is 1. The number of hydrogen-bond acceptors (Lipinski definition) is 5. The Bertz CT molecular complexity index is 1270. The van der Waals surface area contributed by atoms with E-state index in [0.717, 1.165) is 28.3 Å². The van der Waals surface area contributed by atoms with E-state index >= 15 is 0 Å². The third-order valence-electron chi connectivity index (χ3n) is 6.79. The summed E-state index contributed by atoms with van der Waals surface area (Å²) in [4.78, 5) is 13.4. The molecule has 0 atom stereocenters. The molecule has 0 aromatic heterocycles. The van der Waals surface area contributed by atoms with Crippen molar-refractivity contribution >= 4 is 21.6 Å². The normalized spacial score (nSPS) is 15.1. The molecule has 0 bridgehead atoms. The zero-order valence-electron chi connectivity index (χ0n) is 21.4. The number of anilines is 1. The van der Waals surface area contributed by atoms with E-state index in [9.17, 15) is 13.2 Å². The number of rotatable bonds is 10. The average Bonchev–Trinajstić information content (AvgIpc) is 2.93. The van der Waals surface area contributed by atoms with Gasteiger partial charge in [0.25, 0.3) is 10.0 Å². The second kappa shape index (κ2) is 11.8. The van der Waals surface area contributed by atoms with Crippen LogP contribution in [0.25, 0.3) is 0 Å². The molecule has 0 spiro atoms. The number of amides is 1. The molecule has 1 amide bonds. The largest absolute Gasteiger partial charge is 0.494 e. The molecule has 1 N–H and O–H groups in total. The molecule has 0 aliphatic carbocycles. The van der Waals surface area contributed by atoms with Crippen LogP contribution < -0.4 is 14.4 Å². The van der Waals surface area contributed by atoms with Crippen molar-refractivity contribution in [2.75, 3.05) is 37.2 Å². The van der Waals surface area contributed by atoms with Gasteiger partial charge in [-0.3, -0.25) is 9.10 Å². The number of carbonyl (C=O) groups excluding carboxylic acids is 1. The highest BCUT2D eigenvalue weighted by atomic mass is 32.2. The molecule has 3 aromatic rings. The Morgan fingerprint density at radius 2 is 1.62 bits per heavy atom. The molecule has 1 fully saturated rings. The second-order valence-corrected chi connectivity index (χ2v) is 11.1. The first-order chi connectivity index (χ1) is 17.8. The van der Waals surface area contributed by atoms with Crippen LogP contribution in [-0.2, 0) is 25.0 Å². The first-order valence-electron chi connectivity index (χ1n) is 12.6. The zero-order valence-corrected chi connectivity index (χ0v) is 22.2. The summed E-state index contributed by atoms with van der Waals surface area (Å²) in [6.07, 6.45) is 1.56. The zero-order chi connectivity index (χ0) is 26.3. The SMILES string of the molecule is CCOc1ccc(S(=O)(=O)N(CC(=O)NCC2(c3ccccc3)CCOCC2)c2ccc(C)cc2)cc1. The van der Waals surface area contributed by atoms with Gasteiger partial charge in [0.05, 0.1) is 17.2 Å². The Hall–Kier alpha value is -3.36. The topological polar surface area (TPSA) is 84.9 Å². The van der Waals surface area contributed by atoms with E-state index in [1.807, 2.05) is 44.2 Å².